The van der Waals surface area contributed by atoms with Crippen molar-refractivity contribution in [2.45, 2.75) is 45.6 Å². The van der Waals surface area contributed by atoms with Gasteiger partial charge in [-0.15, -0.1) is 5.70 Å². The van der Waals surface area contributed by atoms with E-state index in [4.69, 9.17) is 8.85 Å². The Hall–Kier alpha value is 0.311. The molecule has 0 unspecified atom stereocenters. The van der Waals surface area contributed by atoms with Crippen LogP contribution in [0.2, 0.25) is 39.3 Å². The third-order valence-electron chi connectivity index (χ3n) is 1.29. The number of hydrogen-bond acceptors (Lipinski definition) is 2. The molecule has 0 amide bonds. The van der Waals surface area contributed by atoms with Gasteiger partial charge in [0.1, 0.15) is 0 Å². The minimum absolute atomic E-state index is 0.106. The normalized spacial score (nSPS) is 14.5. The summed E-state index contributed by atoms with van der Waals surface area (Å²) in [4.78, 5) is 0. The van der Waals surface area contributed by atoms with Gasteiger partial charge < -0.3 is 8.85 Å². The molecule has 0 bridgehead atoms. The summed E-state index contributed by atoms with van der Waals surface area (Å²) in [6.07, 6.45) is 1.95. The first-order valence-electron chi connectivity index (χ1n) is 5.12. The SMILES string of the molecule is C[Si](C)(C)OC(C=C[SiH3])O[Si](C)(C)C. The van der Waals surface area contributed by atoms with Gasteiger partial charge in [-0.3, -0.25) is 0 Å². The molecular formula is C9H24O2Si3. The summed E-state index contributed by atoms with van der Waals surface area (Å²) in [5, 5.41) is 0. The smallest absolute Gasteiger partial charge is 0.187 e. The van der Waals surface area contributed by atoms with E-state index in [-0.39, 0.29) is 6.29 Å². The molecule has 0 aromatic carbocycles. The van der Waals surface area contributed by atoms with Crippen LogP contribution in [-0.2, 0) is 8.85 Å². The van der Waals surface area contributed by atoms with Crippen LogP contribution in [0.5, 0.6) is 0 Å². The molecule has 0 heterocycles. The molecule has 0 aromatic rings. The second kappa shape index (κ2) is 5.41. The van der Waals surface area contributed by atoms with Gasteiger partial charge >= 0.3 is 0 Å². The summed E-state index contributed by atoms with van der Waals surface area (Å²) in [6.45, 7) is 13.1. The Balaban J connectivity index is 4.31. The van der Waals surface area contributed by atoms with Crippen molar-refractivity contribution in [3.05, 3.63) is 11.8 Å². The quantitative estimate of drug-likeness (QED) is 0.546. The first-order valence-corrected chi connectivity index (χ1v) is 13.1. The topological polar surface area (TPSA) is 18.5 Å². The molecule has 0 aliphatic carbocycles. The molecule has 5 heteroatoms. The maximum atomic E-state index is 5.94. The van der Waals surface area contributed by atoms with Gasteiger partial charge in [-0.2, -0.15) is 0 Å². The van der Waals surface area contributed by atoms with Crippen LogP contribution < -0.4 is 0 Å². The van der Waals surface area contributed by atoms with Crippen LogP contribution in [-0.4, -0.2) is 33.2 Å². The molecule has 0 aliphatic heterocycles. The Labute approximate surface area is 93.4 Å². The fourth-order valence-electron chi connectivity index (χ4n) is 0.957. The highest BCUT2D eigenvalue weighted by Gasteiger charge is 2.24. The Morgan fingerprint density at radius 1 is 0.929 bits per heavy atom. The molecular weight excluding hydrogens is 224 g/mol. The van der Waals surface area contributed by atoms with Crippen molar-refractivity contribution in [3.63, 3.8) is 0 Å². The summed E-state index contributed by atoms with van der Waals surface area (Å²) in [7, 11) is -1.93. The van der Waals surface area contributed by atoms with Gasteiger partial charge in [0.15, 0.2) is 22.9 Å². The number of hydrogen-bond donors (Lipinski definition) is 0. The highest BCUT2D eigenvalue weighted by molar-refractivity contribution is 6.70. The van der Waals surface area contributed by atoms with Gasteiger partial charge in [0, 0.05) is 10.2 Å². The van der Waals surface area contributed by atoms with Gasteiger partial charge in [0.25, 0.3) is 0 Å². The van der Waals surface area contributed by atoms with Crippen molar-refractivity contribution in [2.75, 3.05) is 0 Å². The third-order valence-corrected chi connectivity index (χ3v) is 3.55. The van der Waals surface area contributed by atoms with E-state index in [0.717, 1.165) is 10.2 Å². The lowest BCUT2D eigenvalue weighted by atomic mass is 10.6. The van der Waals surface area contributed by atoms with Gasteiger partial charge in [-0.25, -0.2) is 0 Å². The molecule has 84 valence electrons. The fraction of sp³-hybridized carbons (Fsp3) is 0.778. The number of rotatable bonds is 5. The van der Waals surface area contributed by atoms with E-state index in [1.165, 1.54) is 0 Å². The molecule has 0 saturated heterocycles. The summed E-state index contributed by atoms with van der Waals surface area (Å²) in [5.74, 6) is 0. The average Bonchev–Trinajstić information content (AvgIpc) is 1.78. The lowest BCUT2D eigenvalue weighted by Gasteiger charge is -2.29. The Morgan fingerprint density at radius 3 is 1.50 bits per heavy atom. The lowest BCUT2D eigenvalue weighted by molar-refractivity contribution is 0.0345. The van der Waals surface area contributed by atoms with E-state index in [9.17, 15) is 0 Å². The zero-order valence-corrected chi connectivity index (χ0v) is 14.5. The Kier molecular flexibility index (Phi) is 5.53. The van der Waals surface area contributed by atoms with Crippen LogP contribution >= 0.6 is 0 Å². The van der Waals surface area contributed by atoms with E-state index in [2.05, 4.69) is 51.1 Å². The van der Waals surface area contributed by atoms with Crippen molar-refractivity contribution < 1.29 is 8.85 Å². The summed E-state index contributed by atoms with van der Waals surface area (Å²) in [6, 6.07) is 0. The lowest BCUT2D eigenvalue weighted by Crippen LogP contribution is -2.39. The first-order chi connectivity index (χ1) is 6.14. The summed E-state index contributed by atoms with van der Waals surface area (Å²) >= 11 is 0. The highest BCUT2D eigenvalue weighted by Crippen LogP contribution is 2.14. The minimum atomic E-state index is -1.50. The molecule has 0 N–H and O–H groups in total. The largest absolute Gasteiger partial charge is 0.391 e. The van der Waals surface area contributed by atoms with Gasteiger partial charge in [-0.1, -0.05) is 0 Å². The molecule has 0 atom stereocenters. The molecule has 2 nitrogen and oxygen atoms in total. The van der Waals surface area contributed by atoms with Crippen molar-refractivity contribution >= 4 is 26.9 Å². The average molecular weight is 249 g/mol. The zero-order valence-electron chi connectivity index (χ0n) is 10.5. The van der Waals surface area contributed by atoms with Crippen molar-refractivity contribution in [2.24, 2.45) is 0 Å². The molecule has 14 heavy (non-hydrogen) atoms. The Morgan fingerprint density at radius 2 is 1.29 bits per heavy atom. The molecule has 0 fully saturated rings. The standard InChI is InChI=1S/C9H24O2Si3/c1-13(2,3)10-9(7-8-12)11-14(4,5)6/h7-9H,1-6,12H3. The molecule has 0 rings (SSSR count). The van der Waals surface area contributed by atoms with Crippen molar-refractivity contribution in [1.29, 1.82) is 0 Å². The maximum Gasteiger partial charge on any atom is 0.187 e. The van der Waals surface area contributed by atoms with Crippen LogP contribution in [0.1, 0.15) is 0 Å². The minimum Gasteiger partial charge on any atom is -0.391 e. The maximum absolute atomic E-state index is 5.94. The zero-order chi connectivity index (χ0) is 11.4. The van der Waals surface area contributed by atoms with E-state index >= 15 is 0 Å². The van der Waals surface area contributed by atoms with Gasteiger partial charge in [-0.05, 0) is 45.4 Å². The van der Waals surface area contributed by atoms with Crippen molar-refractivity contribution in [1.82, 2.24) is 0 Å². The van der Waals surface area contributed by atoms with Gasteiger partial charge in [0.2, 0.25) is 0 Å². The van der Waals surface area contributed by atoms with Crippen LogP contribution in [0.25, 0.3) is 0 Å². The van der Waals surface area contributed by atoms with E-state index in [1.807, 2.05) is 0 Å². The fourth-order valence-corrected chi connectivity index (χ4v) is 3.01. The van der Waals surface area contributed by atoms with Crippen LogP contribution in [0.15, 0.2) is 11.8 Å². The Bertz CT molecular complexity index is 175. The second-order valence-electron chi connectivity index (χ2n) is 5.35. The van der Waals surface area contributed by atoms with Crippen molar-refractivity contribution in [3.8, 4) is 0 Å². The van der Waals surface area contributed by atoms with Crippen LogP contribution in [0.3, 0.4) is 0 Å². The highest BCUT2D eigenvalue weighted by atomic mass is 28.4. The second-order valence-corrected chi connectivity index (χ2v) is 14.9. The van der Waals surface area contributed by atoms with E-state index < -0.39 is 16.6 Å². The van der Waals surface area contributed by atoms with Gasteiger partial charge in [0.05, 0.1) is 0 Å². The van der Waals surface area contributed by atoms with E-state index in [0.29, 0.717) is 0 Å². The molecule has 0 saturated carbocycles. The summed E-state index contributed by atoms with van der Waals surface area (Å²) in [5.41, 5.74) is 2.13. The molecule has 0 aliphatic rings. The molecule has 0 aromatic heterocycles. The first kappa shape index (κ1) is 14.3. The summed E-state index contributed by atoms with van der Waals surface area (Å²) < 4.78 is 11.9. The predicted molar refractivity (Wildman–Crippen MR) is 71.7 cm³/mol. The monoisotopic (exact) mass is 248 g/mol. The molecule has 0 spiro atoms. The molecule has 0 radical (unpaired) electrons. The predicted octanol–water partition coefficient (Wildman–Crippen LogP) is 1.89. The van der Waals surface area contributed by atoms with Crippen LogP contribution in [0.4, 0.5) is 0 Å². The van der Waals surface area contributed by atoms with Crippen LogP contribution in [0, 0.1) is 0 Å². The van der Waals surface area contributed by atoms with E-state index in [1.54, 1.807) is 0 Å². The third kappa shape index (κ3) is 8.89.